The highest BCUT2D eigenvalue weighted by molar-refractivity contribution is 6.31. The number of benzene rings is 1. The Hall–Kier alpha value is -0.600. The molecule has 1 saturated heterocycles. The van der Waals surface area contributed by atoms with Crippen LogP contribution in [0.4, 0.5) is 4.39 Å². The van der Waals surface area contributed by atoms with E-state index in [4.69, 9.17) is 11.6 Å². The zero-order chi connectivity index (χ0) is 11.0. The van der Waals surface area contributed by atoms with E-state index in [-0.39, 0.29) is 11.9 Å². The van der Waals surface area contributed by atoms with Gasteiger partial charge in [0.25, 0.3) is 0 Å². The maximum absolute atomic E-state index is 14.0. The predicted octanol–water partition coefficient (Wildman–Crippen LogP) is 3.52. The van der Waals surface area contributed by atoms with Crippen molar-refractivity contribution in [3.63, 3.8) is 0 Å². The van der Waals surface area contributed by atoms with Crippen molar-refractivity contribution in [1.82, 2.24) is 5.32 Å². The van der Waals surface area contributed by atoms with Gasteiger partial charge in [-0.3, -0.25) is 0 Å². The minimum absolute atomic E-state index is 0.101. The first-order chi connectivity index (χ1) is 7.11. The van der Waals surface area contributed by atoms with Crippen molar-refractivity contribution in [2.75, 3.05) is 6.54 Å². The zero-order valence-corrected chi connectivity index (χ0v) is 9.79. The Morgan fingerprint density at radius 2 is 2.20 bits per heavy atom. The number of rotatable bonds is 1. The van der Waals surface area contributed by atoms with E-state index in [1.807, 2.05) is 6.92 Å². The third kappa shape index (κ3) is 1.88. The molecule has 3 heteroatoms. The molecule has 1 aliphatic heterocycles. The molecule has 0 aromatic heterocycles. The van der Waals surface area contributed by atoms with Gasteiger partial charge in [-0.15, -0.1) is 0 Å². The topological polar surface area (TPSA) is 12.0 Å². The van der Waals surface area contributed by atoms with Crippen LogP contribution in [0.25, 0.3) is 0 Å². The van der Waals surface area contributed by atoms with Gasteiger partial charge in [-0.1, -0.05) is 11.6 Å². The molecular weight excluding hydrogens is 213 g/mol. The van der Waals surface area contributed by atoms with E-state index in [1.165, 1.54) is 0 Å². The highest BCUT2D eigenvalue weighted by Gasteiger charge is 2.23. The first-order valence-corrected chi connectivity index (χ1v) is 5.67. The second kappa shape index (κ2) is 4.11. The van der Waals surface area contributed by atoms with Crippen LogP contribution >= 0.6 is 11.6 Å². The average molecular weight is 228 g/mol. The fraction of sp³-hybridized carbons (Fsp3) is 0.500. The molecule has 1 atom stereocenters. The van der Waals surface area contributed by atoms with Gasteiger partial charge >= 0.3 is 0 Å². The summed E-state index contributed by atoms with van der Waals surface area (Å²) in [4.78, 5) is 0. The summed E-state index contributed by atoms with van der Waals surface area (Å²) in [6, 6.07) is 1.84. The smallest absolute Gasteiger partial charge is 0.131 e. The Balaban J connectivity index is 2.52. The Labute approximate surface area is 94.6 Å². The fourth-order valence-electron chi connectivity index (χ4n) is 2.21. The van der Waals surface area contributed by atoms with Gasteiger partial charge in [0.15, 0.2) is 0 Å². The molecule has 0 amide bonds. The normalized spacial score (nSPS) is 20.9. The average Bonchev–Trinajstić information content (AvgIpc) is 2.69. The van der Waals surface area contributed by atoms with E-state index in [9.17, 15) is 4.39 Å². The quantitative estimate of drug-likeness (QED) is 0.774. The summed E-state index contributed by atoms with van der Waals surface area (Å²) in [5.41, 5.74) is 2.27. The van der Waals surface area contributed by atoms with Crippen LogP contribution in [0.15, 0.2) is 6.07 Å². The summed E-state index contributed by atoms with van der Waals surface area (Å²) >= 11 is 6.08. The van der Waals surface area contributed by atoms with E-state index in [1.54, 1.807) is 13.0 Å². The van der Waals surface area contributed by atoms with Gasteiger partial charge in [0, 0.05) is 16.6 Å². The molecule has 2 rings (SSSR count). The number of aryl methyl sites for hydroxylation is 1. The minimum Gasteiger partial charge on any atom is -0.310 e. The maximum atomic E-state index is 14.0. The van der Waals surface area contributed by atoms with E-state index in [2.05, 4.69) is 5.32 Å². The molecule has 0 spiro atoms. The molecule has 0 aliphatic carbocycles. The molecular formula is C12H15ClFN. The molecule has 1 fully saturated rings. The Kier molecular flexibility index (Phi) is 2.98. The molecule has 1 aliphatic rings. The number of hydrogen-bond donors (Lipinski definition) is 1. The lowest BCUT2D eigenvalue weighted by Crippen LogP contribution is -2.16. The Morgan fingerprint density at radius 3 is 2.80 bits per heavy atom. The third-order valence-electron chi connectivity index (χ3n) is 3.10. The van der Waals surface area contributed by atoms with E-state index >= 15 is 0 Å². The lowest BCUT2D eigenvalue weighted by atomic mass is 9.97. The summed E-state index contributed by atoms with van der Waals surface area (Å²) in [6.45, 7) is 4.62. The largest absolute Gasteiger partial charge is 0.310 e. The molecule has 1 aromatic carbocycles. The van der Waals surface area contributed by atoms with Crippen LogP contribution in [0, 0.1) is 19.7 Å². The molecule has 0 saturated carbocycles. The van der Waals surface area contributed by atoms with Crippen LogP contribution in [0.1, 0.15) is 35.6 Å². The number of hydrogen-bond acceptors (Lipinski definition) is 1. The van der Waals surface area contributed by atoms with Crippen molar-refractivity contribution < 1.29 is 4.39 Å². The third-order valence-corrected chi connectivity index (χ3v) is 3.49. The molecule has 0 bridgehead atoms. The van der Waals surface area contributed by atoms with E-state index < -0.39 is 0 Å². The molecule has 1 nitrogen and oxygen atoms in total. The van der Waals surface area contributed by atoms with E-state index in [0.29, 0.717) is 10.6 Å². The van der Waals surface area contributed by atoms with Crippen molar-refractivity contribution in [1.29, 1.82) is 0 Å². The van der Waals surface area contributed by atoms with Gasteiger partial charge in [-0.25, -0.2) is 4.39 Å². The second-order valence-corrected chi connectivity index (χ2v) is 4.58. The van der Waals surface area contributed by atoms with E-state index in [0.717, 1.165) is 30.5 Å². The molecule has 1 heterocycles. The zero-order valence-electron chi connectivity index (χ0n) is 9.03. The predicted molar refractivity (Wildman–Crippen MR) is 60.9 cm³/mol. The van der Waals surface area contributed by atoms with Crippen molar-refractivity contribution in [2.24, 2.45) is 0 Å². The maximum Gasteiger partial charge on any atom is 0.131 e. The summed E-state index contributed by atoms with van der Waals surface area (Å²) in [6.07, 6.45) is 2.10. The standard InChI is InChI=1S/C12H15ClFN/c1-7-6-9(13)8(2)11(12(7)14)10-4-3-5-15-10/h6,10,15H,3-5H2,1-2H3. The van der Waals surface area contributed by atoms with Gasteiger partial charge in [-0.2, -0.15) is 0 Å². The van der Waals surface area contributed by atoms with Crippen LogP contribution in [0.2, 0.25) is 5.02 Å². The van der Waals surface area contributed by atoms with Gasteiger partial charge in [-0.05, 0) is 50.4 Å². The molecule has 82 valence electrons. The van der Waals surface area contributed by atoms with Crippen molar-refractivity contribution in [2.45, 2.75) is 32.7 Å². The summed E-state index contributed by atoms with van der Waals surface area (Å²) < 4.78 is 14.0. The Bertz CT molecular complexity index is 357. The highest BCUT2D eigenvalue weighted by Crippen LogP contribution is 2.33. The Morgan fingerprint density at radius 1 is 1.47 bits per heavy atom. The van der Waals surface area contributed by atoms with Crippen LogP contribution < -0.4 is 5.32 Å². The first kappa shape index (κ1) is 10.9. The fourth-order valence-corrected chi connectivity index (χ4v) is 2.48. The molecule has 1 N–H and O–H groups in total. The van der Waals surface area contributed by atoms with Crippen LogP contribution in [0.3, 0.4) is 0 Å². The van der Waals surface area contributed by atoms with Gasteiger partial charge in [0.05, 0.1) is 0 Å². The van der Waals surface area contributed by atoms with Crippen LogP contribution in [-0.4, -0.2) is 6.54 Å². The monoisotopic (exact) mass is 227 g/mol. The molecule has 0 radical (unpaired) electrons. The van der Waals surface area contributed by atoms with Gasteiger partial charge in [0.2, 0.25) is 0 Å². The molecule has 1 unspecified atom stereocenters. The minimum atomic E-state index is -0.101. The summed E-state index contributed by atoms with van der Waals surface area (Å²) in [7, 11) is 0. The SMILES string of the molecule is Cc1cc(Cl)c(C)c(C2CCCN2)c1F. The second-order valence-electron chi connectivity index (χ2n) is 4.18. The van der Waals surface area contributed by atoms with Crippen LogP contribution in [0.5, 0.6) is 0 Å². The number of halogens is 2. The molecule has 15 heavy (non-hydrogen) atoms. The van der Waals surface area contributed by atoms with Crippen molar-refractivity contribution >= 4 is 11.6 Å². The lowest BCUT2D eigenvalue weighted by Gasteiger charge is -2.17. The van der Waals surface area contributed by atoms with Crippen molar-refractivity contribution in [3.8, 4) is 0 Å². The lowest BCUT2D eigenvalue weighted by molar-refractivity contribution is 0.549. The first-order valence-electron chi connectivity index (χ1n) is 5.29. The summed E-state index contributed by atoms with van der Waals surface area (Å²) in [5.74, 6) is -0.101. The van der Waals surface area contributed by atoms with Crippen molar-refractivity contribution in [3.05, 3.63) is 33.6 Å². The highest BCUT2D eigenvalue weighted by atomic mass is 35.5. The summed E-state index contributed by atoms with van der Waals surface area (Å²) in [5, 5.41) is 3.97. The van der Waals surface area contributed by atoms with Gasteiger partial charge < -0.3 is 5.32 Å². The number of nitrogens with one attached hydrogen (secondary N) is 1. The van der Waals surface area contributed by atoms with Crippen LogP contribution in [-0.2, 0) is 0 Å². The molecule has 1 aromatic rings. The van der Waals surface area contributed by atoms with Gasteiger partial charge in [0.1, 0.15) is 5.82 Å².